The second-order valence-electron chi connectivity index (χ2n) is 6.89. The Kier molecular flexibility index (Phi) is 4.78. The summed E-state index contributed by atoms with van der Waals surface area (Å²) in [7, 11) is 0. The van der Waals surface area contributed by atoms with Crippen molar-refractivity contribution < 1.29 is 18.3 Å². The van der Waals surface area contributed by atoms with Gasteiger partial charge in [-0.15, -0.1) is 0 Å². The Morgan fingerprint density at radius 2 is 2.11 bits per heavy atom. The maximum atomic E-state index is 14.4. The molecule has 0 aliphatic carbocycles. The van der Waals surface area contributed by atoms with Gasteiger partial charge in [-0.05, 0) is 24.5 Å². The van der Waals surface area contributed by atoms with E-state index in [1.165, 1.54) is 24.5 Å². The van der Waals surface area contributed by atoms with Crippen molar-refractivity contribution in [3.63, 3.8) is 0 Å². The van der Waals surface area contributed by atoms with Crippen LogP contribution < -0.4 is 5.32 Å². The van der Waals surface area contributed by atoms with Crippen molar-refractivity contribution in [3.05, 3.63) is 52.0 Å². The van der Waals surface area contributed by atoms with Crippen LogP contribution in [0.3, 0.4) is 0 Å². The number of hydrogen-bond acceptors (Lipinski definition) is 4. The molecular formula is C18H15Cl2F2N3O2. The van der Waals surface area contributed by atoms with E-state index in [1.54, 1.807) is 0 Å². The lowest BCUT2D eigenvalue weighted by molar-refractivity contribution is -0.122. The molecule has 9 heteroatoms. The molecule has 2 aliphatic rings. The normalized spacial score (nSPS) is 29.1. The summed E-state index contributed by atoms with van der Waals surface area (Å²) in [5.74, 6) is -3.74. The Morgan fingerprint density at radius 1 is 1.33 bits per heavy atom. The average Bonchev–Trinajstić information content (AvgIpc) is 3.17. The third-order valence-electron chi connectivity index (χ3n) is 5.24. The van der Waals surface area contributed by atoms with E-state index < -0.39 is 23.6 Å². The summed E-state index contributed by atoms with van der Waals surface area (Å²) in [6.07, 6.45) is 2.51. The number of hydrogen-bond donors (Lipinski definition) is 1. The van der Waals surface area contributed by atoms with Crippen LogP contribution in [0.25, 0.3) is 0 Å². The lowest BCUT2D eigenvalue weighted by Gasteiger charge is -2.30. The zero-order chi connectivity index (χ0) is 19.3. The van der Waals surface area contributed by atoms with Gasteiger partial charge in [0.15, 0.2) is 5.82 Å². The number of carbonyl (C=O) groups excluding carboxylic acids is 1. The summed E-state index contributed by atoms with van der Waals surface area (Å²) in [5.41, 5.74) is 0.472. The first-order valence-corrected chi connectivity index (χ1v) is 9.19. The summed E-state index contributed by atoms with van der Waals surface area (Å²) in [5, 5.41) is 3.06. The SMILES string of the molecule is C[C@H]1C[C@@H]2O[C@H]1[C@H](C(=O)Nc1cnc(Cl)c(Cl)c1)[C@H]2c1ccnc(F)c1F. The molecule has 2 aromatic heterocycles. The van der Waals surface area contributed by atoms with Crippen LogP contribution in [-0.4, -0.2) is 28.1 Å². The smallest absolute Gasteiger partial charge is 0.249 e. The molecule has 0 spiro atoms. The van der Waals surface area contributed by atoms with Crippen molar-refractivity contribution in [2.45, 2.75) is 31.5 Å². The van der Waals surface area contributed by atoms with Gasteiger partial charge < -0.3 is 10.1 Å². The van der Waals surface area contributed by atoms with E-state index in [0.29, 0.717) is 12.1 Å². The maximum absolute atomic E-state index is 14.4. The minimum Gasteiger partial charge on any atom is -0.373 e. The number of halogens is 4. The molecule has 5 atom stereocenters. The number of nitrogens with one attached hydrogen (secondary N) is 1. The van der Waals surface area contributed by atoms with Crippen LogP contribution in [0.4, 0.5) is 14.5 Å². The van der Waals surface area contributed by atoms with E-state index in [2.05, 4.69) is 15.3 Å². The Hall–Kier alpha value is -1.83. The first kappa shape index (κ1) is 18.5. The van der Waals surface area contributed by atoms with Crippen molar-refractivity contribution in [1.29, 1.82) is 0 Å². The minimum absolute atomic E-state index is 0.106. The van der Waals surface area contributed by atoms with Crippen LogP contribution >= 0.6 is 23.2 Å². The van der Waals surface area contributed by atoms with Gasteiger partial charge in [-0.3, -0.25) is 4.79 Å². The number of carbonyl (C=O) groups is 1. The lowest BCUT2D eigenvalue weighted by Crippen LogP contribution is -2.39. The molecule has 5 nitrogen and oxygen atoms in total. The number of ether oxygens (including phenoxy) is 1. The highest BCUT2D eigenvalue weighted by molar-refractivity contribution is 6.41. The molecule has 142 valence electrons. The zero-order valence-corrected chi connectivity index (χ0v) is 15.6. The van der Waals surface area contributed by atoms with Crippen LogP contribution in [0.2, 0.25) is 10.2 Å². The minimum atomic E-state index is -1.18. The van der Waals surface area contributed by atoms with Crippen LogP contribution in [0.5, 0.6) is 0 Å². The van der Waals surface area contributed by atoms with Gasteiger partial charge in [0.2, 0.25) is 11.9 Å². The number of amides is 1. The summed E-state index contributed by atoms with van der Waals surface area (Å²) >= 11 is 11.7. The van der Waals surface area contributed by atoms with Crippen molar-refractivity contribution in [1.82, 2.24) is 9.97 Å². The van der Waals surface area contributed by atoms with E-state index in [4.69, 9.17) is 27.9 Å². The van der Waals surface area contributed by atoms with Gasteiger partial charge in [0.1, 0.15) is 5.15 Å². The van der Waals surface area contributed by atoms with Crippen LogP contribution in [0, 0.1) is 23.6 Å². The molecule has 4 heterocycles. The van der Waals surface area contributed by atoms with Gasteiger partial charge in [0, 0.05) is 17.7 Å². The van der Waals surface area contributed by atoms with Gasteiger partial charge >= 0.3 is 0 Å². The first-order valence-electron chi connectivity index (χ1n) is 8.44. The number of anilines is 1. The third kappa shape index (κ3) is 3.17. The number of fused-ring (bicyclic) bond motifs is 2. The second kappa shape index (κ2) is 6.96. The maximum Gasteiger partial charge on any atom is 0.249 e. The van der Waals surface area contributed by atoms with Gasteiger partial charge in [0.05, 0.1) is 35.0 Å². The monoisotopic (exact) mass is 413 g/mol. The van der Waals surface area contributed by atoms with Crippen molar-refractivity contribution >= 4 is 34.8 Å². The molecule has 1 amide bonds. The summed E-state index contributed by atoms with van der Waals surface area (Å²) in [6.45, 7) is 1.98. The highest BCUT2D eigenvalue weighted by Crippen LogP contribution is 2.52. The fraction of sp³-hybridized carbons (Fsp3) is 0.389. The molecular weight excluding hydrogens is 399 g/mol. The fourth-order valence-electron chi connectivity index (χ4n) is 4.11. The number of nitrogens with zero attached hydrogens (tertiary/aromatic N) is 2. The molecule has 2 aliphatic heterocycles. The van der Waals surface area contributed by atoms with Gasteiger partial charge in [-0.2, -0.15) is 4.39 Å². The zero-order valence-electron chi connectivity index (χ0n) is 14.1. The summed E-state index contributed by atoms with van der Waals surface area (Å²) < 4.78 is 33.9. The Bertz CT molecular complexity index is 914. The van der Waals surface area contributed by atoms with Crippen LogP contribution in [0.1, 0.15) is 24.8 Å². The molecule has 2 aromatic rings. The average molecular weight is 414 g/mol. The molecule has 2 bridgehead atoms. The van der Waals surface area contributed by atoms with E-state index in [-0.39, 0.29) is 39.8 Å². The molecule has 1 N–H and O–H groups in total. The Balaban J connectivity index is 1.66. The molecule has 0 saturated carbocycles. The Morgan fingerprint density at radius 3 is 2.85 bits per heavy atom. The lowest BCUT2D eigenvalue weighted by atomic mass is 9.71. The number of pyridine rings is 2. The van der Waals surface area contributed by atoms with E-state index in [9.17, 15) is 13.6 Å². The van der Waals surface area contributed by atoms with Crippen LogP contribution in [0.15, 0.2) is 24.5 Å². The molecule has 0 radical (unpaired) electrons. The summed E-state index contributed by atoms with van der Waals surface area (Å²) in [4.78, 5) is 20.2. The molecule has 27 heavy (non-hydrogen) atoms. The van der Waals surface area contributed by atoms with Gasteiger partial charge in [-0.1, -0.05) is 30.1 Å². The van der Waals surface area contributed by atoms with Crippen LogP contribution in [-0.2, 0) is 9.53 Å². The van der Waals surface area contributed by atoms with Gasteiger partial charge in [-0.25, -0.2) is 14.4 Å². The van der Waals surface area contributed by atoms with Crippen molar-refractivity contribution in [2.24, 2.45) is 11.8 Å². The predicted octanol–water partition coefficient (Wildman–Crippen LogP) is 4.21. The highest BCUT2D eigenvalue weighted by atomic mass is 35.5. The van der Waals surface area contributed by atoms with Crippen molar-refractivity contribution in [3.8, 4) is 0 Å². The van der Waals surface area contributed by atoms with E-state index in [1.807, 2.05) is 6.92 Å². The third-order valence-corrected chi connectivity index (χ3v) is 5.93. The molecule has 4 rings (SSSR count). The highest BCUT2D eigenvalue weighted by Gasteiger charge is 2.56. The fourth-order valence-corrected chi connectivity index (χ4v) is 4.38. The van der Waals surface area contributed by atoms with Crippen molar-refractivity contribution in [2.75, 3.05) is 5.32 Å². The van der Waals surface area contributed by atoms with Gasteiger partial charge in [0.25, 0.3) is 0 Å². The quantitative estimate of drug-likeness (QED) is 0.765. The molecule has 0 unspecified atom stereocenters. The largest absolute Gasteiger partial charge is 0.373 e. The van der Waals surface area contributed by atoms with E-state index in [0.717, 1.165) is 0 Å². The predicted molar refractivity (Wildman–Crippen MR) is 95.7 cm³/mol. The topological polar surface area (TPSA) is 64.1 Å². The molecule has 0 aromatic carbocycles. The molecule has 2 fully saturated rings. The molecule has 2 saturated heterocycles. The second-order valence-corrected chi connectivity index (χ2v) is 7.66. The number of aromatic nitrogens is 2. The standard InChI is InChI=1S/C18H15Cl2F2N3O2/c1-7-4-11-12(9-2-3-23-17(22)14(9)21)13(15(7)27-11)18(26)25-8-5-10(19)16(20)24-6-8/h2-3,5-7,11-13,15H,4H2,1H3,(H,25,26)/t7-,11-,12-,13+,15+/m0/s1. The van der Waals surface area contributed by atoms with E-state index >= 15 is 0 Å². The Labute approximate surface area is 164 Å². The summed E-state index contributed by atoms with van der Waals surface area (Å²) in [6, 6.07) is 2.88. The number of rotatable bonds is 3. The first-order chi connectivity index (χ1) is 12.9.